The second-order valence-corrected chi connectivity index (χ2v) is 4.69. The van der Waals surface area contributed by atoms with Crippen molar-refractivity contribution in [2.24, 2.45) is 5.10 Å². The van der Waals surface area contributed by atoms with E-state index in [4.69, 9.17) is 4.74 Å². The third kappa shape index (κ3) is 5.06. The summed E-state index contributed by atoms with van der Waals surface area (Å²) >= 11 is 0. The molecule has 0 aliphatic heterocycles. The zero-order valence-corrected chi connectivity index (χ0v) is 12.0. The predicted octanol–water partition coefficient (Wildman–Crippen LogP) is 2.23. The zero-order chi connectivity index (χ0) is 15.1. The van der Waals surface area contributed by atoms with E-state index in [1.807, 2.05) is 38.1 Å². The van der Waals surface area contributed by atoms with E-state index in [1.54, 1.807) is 18.5 Å². The molecule has 0 spiro atoms. The highest BCUT2D eigenvalue weighted by Gasteiger charge is 2.02. The minimum Gasteiger partial charge on any atom is -0.484 e. The number of hydrazone groups is 1. The largest absolute Gasteiger partial charge is 0.484 e. The van der Waals surface area contributed by atoms with Gasteiger partial charge < -0.3 is 4.74 Å². The Balaban J connectivity index is 1.81. The van der Waals surface area contributed by atoms with Crippen molar-refractivity contribution in [2.75, 3.05) is 6.61 Å². The maximum atomic E-state index is 11.6. The van der Waals surface area contributed by atoms with Crippen molar-refractivity contribution in [3.63, 3.8) is 0 Å². The van der Waals surface area contributed by atoms with Crippen molar-refractivity contribution < 1.29 is 9.53 Å². The van der Waals surface area contributed by atoms with Gasteiger partial charge in [0.1, 0.15) is 5.75 Å². The van der Waals surface area contributed by atoms with Crippen LogP contribution < -0.4 is 10.2 Å². The van der Waals surface area contributed by atoms with Crippen molar-refractivity contribution >= 4 is 12.1 Å². The van der Waals surface area contributed by atoms with Gasteiger partial charge in [-0.3, -0.25) is 9.78 Å². The molecule has 0 aliphatic carbocycles. The van der Waals surface area contributed by atoms with E-state index in [1.165, 1.54) is 6.21 Å². The zero-order valence-electron chi connectivity index (χ0n) is 12.0. The number of benzene rings is 1. The van der Waals surface area contributed by atoms with E-state index in [-0.39, 0.29) is 12.5 Å². The highest BCUT2D eigenvalue weighted by molar-refractivity contribution is 5.82. The van der Waals surface area contributed by atoms with Gasteiger partial charge in [-0.05, 0) is 43.2 Å². The smallest absolute Gasteiger partial charge is 0.277 e. The first-order valence-corrected chi connectivity index (χ1v) is 6.56. The molecule has 1 aromatic carbocycles. The number of pyridine rings is 1. The molecule has 2 aromatic rings. The number of nitrogens with one attached hydrogen (secondary N) is 1. The Morgan fingerprint density at radius 2 is 2.10 bits per heavy atom. The summed E-state index contributed by atoms with van der Waals surface area (Å²) in [6, 6.07) is 9.46. The Labute approximate surface area is 123 Å². The molecule has 0 unspecified atom stereocenters. The van der Waals surface area contributed by atoms with Crippen molar-refractivity contribution in [1.82, 2.24) is 10.4 Å². The van der Waals surface area contributed by atoms with Gasteiger partial charge in [0.15, 0.2) is 6.61 Å². The molecular weight excluding hydrogens is 266 g/mol. The normalized spacial score (nSPS) is 10.6. The van der Waals surface area contributed by atoms with E-state index >= 15 is 0 Å². The first-order valence-electron chi connectivity index (χ1n) is 6.56. The molecule has 0 radical (unpaired) electrons. The molecule has 2 rings (SSSR count). The van der Waals surface area contributed by atoms with Gasteiger partial charge in [-0.2, -0.15) is 5.10 Å². The molecule has 1 aromatic heterocycles. The number of hydrogen-bond acceptors (Lipinski definition) is 4. The fraction of sp³-hybridized carbons (Fsp3) is 0.188. The van der Waals surface area contributed by atoms with Crippen molar-refractivity contribution in [3.05, 3.63) is 59.4 Å². The number of amides is 1. The van der Waals surface area contributed by atoms with Crippen LogP contribution in [0.4, 0.5) is 0 Å². The highest BCUT2D eigenvalue weighted by Crippen LogP contribution is 2.15. The van der Waals surface area contributed by atoms with Gasteiger partial charge in [-0.15, -0.1) is 0 Å². The molecule has 108 valence electrons. The van der Waals surface area contributed by atoms with Crippen LogP contribution in [0.1, 0.15) is 16.7 Å². The summed E-state index contributed by atoms with van der Waals surface area (Å²) in [5.74, 6) is 0.369. The average Bonchev–Trinajstić information content (AvgIpc) is 2.45. The number of carbonyl (C=O) groups excluding carboxylic acids is 1. The van der Waals surface area contributed by atoms with Gasteiger partial charge in [0.2, 0.25) is 0 Å². The molecule has 21 heavy (non-hydrogen) atoms. The van der Waals surface area contributed by atoms with Crippen LogP contribution in [-0.4, -0.2) is 23.7 Å². The quantitative estimate of drug-likeness (QED) is 0.676. The van der Waals surface area contributed by atoms with Gasteiger partial charge >= 0.3 is 0 Å². The Kier molecular flexibility index (Phi) is 5.04. The van der Waals surface area contributed by atoms with Gasteiger partial charge in [0, 0.05) is 18.0 Å². The minimum atomic E-state index is -0.311. The highest BCUT2D eigenvalue weighted by atomic mass is 16.5. The second-order valence-electron chi connectivity index (χ2n) is 4.69. The van der Waals surface area contributed by atoms with Crippen molar-refractivity contribution in [2.45, 2.75) is 13.8 Å². The predicted molar refractivity (Wildman–Crippen MR) is 81.4 cm³/mol. The lowest BCUT2D eigenvalue weighted by Gasteiger charge is -2.07. The van der Waals surface area contributed by atoms with Crippen LogP contribution in [0.25, 0.3) is 0 Å². The number of hydrogen-bond donors (Lipinski definition) is 1. The molecule has 1 amide bonds. The van der Waals surface area contributed by atoms with E-state index in [9.17, 15) is 4.79 Å². The molecule has 0 saturated carbocycles. The molecule has 0 bridgehead atoms. The van der Waals surface area contributed by atoms with Gasteiger partial charge in [0.25, 0.3) is 5.91 Å². The maximum absolute atomic E-state index is 11.6. The summed E-state index contributed by atoms with van der Waals surface area (Å²) in [7, 11) is 0. The summed E-state index contributed by atoms with van der Waals surface area (Å²) < 4.78 is 5.43. The maximum Gasteiger partial charge on any atom is 0.277 e. The molecule has 0 aliphatic rings. The molecule has 0 saturated heterocycles. The first-order chi connectivity index (χ1) is 10.1. The number of ether oxygens (including phenoxy) is 1. The lowest BCUT2D eigenvalue weighted by Crippen LogP contribution is -2.24. The summed E-state index contributed by atoms with van der Waals surface area (Å²) in [5.41, 5.74) is 5.42. The Morgan fingerprint density at radius 3 is 2.76 bits per heavy atom. The average molecular weight is 283 g/mol. The van der Waals surface area contributed by atoms with Crippen LogP contribution in [0.5, 0.6) is 5.75 Å². The first kappa shape index (κ1) is 14.7. The molecular formula is C16H17N3O2. The lowest BCUT2D eigenvalue weighted by atomic mass is 10.1. The van der Waals surface area contributed by atoms with Crippen molar-refractivity contribution in [3.8, 4) is 5.75 Å². The minimum absolute atomic E-state index is 0.0761. The molecule has 0 atom stereocenters. The number of aromatic nitrogens is 1. The lowest BCUT2D eigenvalue weighted by molar-refractivity contribution is -0.123. The van der Waals surface area contributed by atoms with Crippen LogP contribution >= 0.6 is 0 Å². The Hall–Kier alpha value is -2.69. The van der Waals surface area contributed by atoms with Gasteiger partial charge in [-0.25, -0.2) is 5.43 Å². The fourth-order valence-corrected chi connectivity index (χ4v) is 1.83. The topological polar surface area (TPSA) is 63.6 Å². The number of nitrogens with zero attached hydrogens (tertiary/aromatic N) is 2. The third-order valence-electron chi connectivity index (χ3n) is 2.65. The van der Waals surface area contributed by atoms with Gasteiger partial charge in [-0.1, -0.05) is 12.1 Å². The standard InChI is InChI=1S/C16H17N3O2/c1-12-6-13(2)8-15(7-12)21-11-16(20)19-18-10-14-4-3-5-17-9-14/h3-10H,11H2,1-2H3,(H,19,20)/b18-10+. The number of aryl methyl sites for hydroxylation is 2. The van der Waals surface area contributed by atoms with Crippen LogP contribution in [0.2, 0.25) is 0 Å². The second kappa shape index (κ2) is 7.19. The van der Waals surface area contributed by atoms with Crippen LogP contribution in [0.15, 0.2) is 47.8 Å². The summed E-state index contributed by atoms with van der Waals surface area (Å²) in [6.07, 6.45) is 4.86. The molecule has 1 N–H and O–H groups in total. The van der Waals surface area contributed by atoms with Crippen molar-refractivity contribution in [1.29, 1.82) is 0 Å². The molecule has 0 fully saturated rings. The SMILES string of the molecule is Cc1cc(C)cc(OCC(=O)N/N=C/c2cccnc2)c1. The molecule has 5 heteroatoms. The monoisotopic (exact) mass is 283 g/mol. The van der Waals surface area contributed by atoms with E-state index in [2.05, 4.69) is 15.5 Å². The Bertz CT molecular complexity index is 619. The van der Waals surface area contributed by atoms with E-state index in [0.717, 1.165) is 16.7 Å². The van der Waals surface area contributed by atoms with Crippen LogP contribution in [0.3, 0.4) is 0 Å². The van der Waals surface area contributed by atoms with Crippen LogP contribution in [0, 0.1) is 13.8 Å². The Morgan fingerprint density at radius 1 is 1.33 bits per heavy atom. The summed E-state index contributed by atoms with van der Waals surface area (Å²) in [4.78, 5) is 15.6. The summed E-state index contributed by atoms with van der Waals surface area (Å²) in [6.45, 7) is 3.89. The number of rotatable bonds is 5. The van der Waals surface area contributed by atoms with Gasteiger partial charge in [0.05, 0.1) is 6.21 Å². The number of carbonyl (C=O) groups is 1. The van der Waals surface area contributed by atoms with Crippen LogP contribution in [-0.2, 0) is 4.79 Å². The fourth-order valence-electron chi connectivity index (χ4n) is 1.83. The summed E-state index contributed by atoms with van der Waals surface area (Å²) in [5, 5.41) is 3.84. The third-order valence-corrected chi connectivity index (χ3v) is 2.65. The van der Waals surface area contributed by atoms with E-state index < -0.39 is 0 Å². The molecule has 5 nitrogen and oxygen atoms in total. The molecule has 1 heterocycles. The van der Waals surface area contributed by atoms with E-state index in [0.29, 0.717) is 5.75 Å².